The maximum Gasteiger partial charge on any atom is 0.358 e. The van der Waals surface area contributed by atoms with E-state index in [0.717, 1.165) is 6.21 Å². The molecule has 0 radical (unpaired) electrons. The molecule has 78 valence electrons. The van der Waals surface area contributed by atoms with Crippen LogP contribution in [0.2, 0.25) is 0 Å². The van der Waals surface area contributed by atoms with Crippen LogP contribution in [0.5, 0.6) is 0 Å². The summed E-state index contributed by atoms with van der Waals surface area (Å²) in [5, 5.41) is 11.3. The molecule has 0 aliphatic rings. The van der Waals surface area contributed by atoms with Crippen molar-refractivity contribution in [2.45, 2.75) is 11.3 Å². The number of nitriles is 1. The average molecular weight is 224 g/mol. The SMILES string of the molecule is N#CCC=NOS(=O)(=O)c1ccccc1. The molecule has 0 heterocycles. The van der Waals surface area contributed by atoms with E-state index >= 15 is 0 Å². The van der Waals surface area contributed by atoms with Crippen molar-refractivity contribution in [1.29, 1.82) is 5.26 Å². The molecule has 1 aromatic rings. The van der Waals surface area contributed by atoms with E-state index in [4.69, 9.17) is 5.26 Å². The topological polar surface area (TPSA) is 79.5 Å². The number of benzene rings is 1. The van der Waals surface area contributed by atoms with E-state index in [9.17, 15) is 8.42 Å². The number of hydrogen-bond donors (Lipinski definition) is 0. The molecule has 1 rings (SSSR count). The monoisotopic (exact) mass is 224 g/mol. The zero-order valence-corrected chi connectivity index (χ0v) is 8.52. The number of oxime groups is 1. The van der Waals surface area contributed by atoms with Crippen LogP contribution in [-0.4, -0.2) is 14.6 Å². The quantitative estimate of drug-likeness (QED) is 0.570. The fourth-order valence-corrected chi connectivity index (χ4v) is 1.55. The molecule has 0 aliphatic carbocycles. The Labute approximate surface area is 87.7 Å². The molecule has 0 N–H and O–H groups in total. The molecular weight excluding hydrogens is 216 g/mol. The van der Waals surface area contributed by atoms with Gasteiger partial charge < -0.3 is 0 Å². The third-order valence-electron chi connectivity index (χ3n) is 1.43. The Bertz CT molecular complexity index is 474. The van der Waals surface area contributed by atoms with E-state index in [1.807, 2.05) is 0 Å². The summed E-state index contributed by atoms with van der Waals surface area (Å²) in [6.07, 6.45) is 1.09. The van der Waals surface area contributed by atoms with E-state index in [-0.39, 0.29) is 11.3 Å². The predicted molar refractivity (Wildman–Crippen MR) is 53.4 cm³/mol. The lowest BCUT2D eigenvalue weighted by Crippen LogP contribution is -2.01. The minimum absolute atomic E-state index is 0.00428. The van der Waals surface area contributed by atoms with Gasteiger partial charge in [-0.25, -0.2) is 0 Å². The van der Waals surface area contributed by atoms with Crippen LogP contribution in [0.25, 0.3) is 0 Å². The molecule has 0 aromatic heterocycles. The van der Waals surface area contributed by atoms with Crippen LogP contribution in [0.3, 0.4) is 0 Å². The summed E-state index contributed by atoms with van der Waals surface area (Å²) in [5.41, 5.74) is 0. The zero-order chi connectivity index (χ0) is 11.1. The summed E-state index contributed by atoms with van der Waals surface area (Å²) >= 11 is 0. The predicted octanol–water partition coefficient (Wildman–Crippen LogP) is 1.29. The number of nitrogens with zero attached hydrogens (tertiary/aromatic N) is 2. The van der Waals surface area contributed by atoms with Crippen LogP contribution < -0.4 is 0 Å². The molecule has 6 heteroatoms. The van der Waals surface area contributed by atoms with Crippen LogP contribution in [0.1, 0.15) is 6.42 Å². The zero-order valence-electron chi connectivity index (χ0n) is 7.70. The van der Waals surface area contributed by atoms with Crippen molar-refractivity contribution < 1.29 is 12.7 Å². The average Bonchev–Trinajstić information content (AvgIpc) is 2.26. The molecule has 5 nitrogen and oxygen atoms in total. The second-order valence-electron chi connectivity index (χ2n) is 2.49. The molecule has 0 aliphatic heterocycles. The van der Waals surface area contributed by atoms with Crippen molar-refractivity contribution in [2.24, 2.45) is 5.16 Å². The maximum atomic E-state index is 11.4. The molecule has 0 saturated carbocycles. The van der Waals surface area contributed by atoms with Gasteiger partial charge in [0.25, 0.3) is 0 Å². The van der Waals surface area contributed by atoms with Gasteiger partial charge in [0.05, 0.1) is 18.7 Å². The Morgan fingerprint density at radius 1 is 1.40 bits per heavy atom. The summed E-state index contributed by atoms with van der Waals surface area (Å²) < 4.78 is 27.1. The molecule has 0 saturated heterocycles. The van der Waals surface area contributed by atoms with Gasteiger partial charge in [-0.15, -0.1) is 0 Å². The molecule has 0 bridgehead atoms. The highest BCUT2D eigenvalue weighted by molar-refractivity contribution is 7.86. The van der Waals surface area contributed by atoms with Crippen molar-refractivity contribution in [1.82, 2.24) is 0 Å². The van der Waals surface area contributed by atoms with E-state index in [1.165, 1.54) is 12.1 Å². The van der Waals surface area contributed by atoms with E-state index in [2.05, 4.69) is 9.44 Å². The molecule has 0 spiro atoms. The summed E-state index contributed by atoms with van der Waals surface area (Å²) in [7, 11) is -3.85. The fraction of sp³-hybridized carbons (Fsp3) is 0.111. The first-order valence-corrected chi connectivity index (χ1v) is 5.45. The second kappa shape index (κ2) is 5.12. The minimum atomic E-state index is -3.85. The summed E-state index contributed by atoms with van der Waals surface area (Å²) in [6, 6.07) is 9.42. The molecule has 0 unspecified atom stereocenters. The lowest BCUT2D eigenvalue weighted by Gasteiger charge is -1.99. The van der Waals surface area contributed by atoms with Crippen molar-refractivity contribution in [2.75, 3.05) is 0 Å². The van der Waals surface area contributed by atoms with Gasteiger partial charge >= 0.3 is 10.1 Å². The lowest BCUT2D eigenvalue weighted by molar-refractivity contribution is 0.340. The summed E-state index contributed by atoms with van der Waals surface area (Å²) in [4.78, 5) is 0.0270. The first-order chi connectivity index (χ1) is 7.17. The fourth-order valence-electron chi connectivity index (χ4n) is 0.795. The molecule has 0 atom stereocenters. The Morgan fingerprint density at radius 2 is 2.07 bits per heavy atom. The first kappa shape index (κ1) is 11.2. The van der Waals surface area contributed by atoms with Gasteiger partial charge in [0.1, 0.15) is 4.90 Å². The molecule has 1 aromatic carbocycles. The van der Waals surface area contributed by atoms with Crippen molar-refractivity contribution in [3.63, 3.8) is 0 Å². The van der Waals surface area contributed by atoms with E-state index in [0.29, 0.717) is 0 Å². The second-order valence-corrected chi connectivity index (χ2v) is 4.02. The smallest absolute Gasteiger partial charge is 0.265 e. The number of rotatable bonds is 4. The highest BCUT2D eigenvalue weighted by Crippen LogP contribution is 2.10. The molecule has 0 amide bonds. The Balaban J connectivity index is 2.74. The van der Waals surface area contributed by atoms with Gasteiger partial charge in [0, 0.05) is 0 Å². The van der Waals surface area contributed by atoms with Gasteiger partial charge in [-0.1, -0.05) is 23.4 Å². The van der Waals surface area contributed by atoms with E-state index < -0.39 is 10.1 Å². The van der Waals surface area contributed by atoms with E-state index in [1.54, 1.807) is 24.3 Å². The summed E-state index contributed by atoms with van der Waals surface area (Å²) in [5.74, 6) is 0. The molecular formula is C9H8N2O3S. The Kier molecular flexibility index (Phi) is 3.83. The van der Waals surface area contributed by atoms with Crippen LogP contribution in [0.4, 0.5) is 0 Å². The highest BCUT2D eigenvalue weighted by atomic mass is 32.2. The highest BCUT2D eigenvalue weighted by Gasteiger charge is 2.13. The van der Waals surface area contributed by atoms with Gasteiger partial charge in [-0.3, -0.25) is 4.28 Å². The van der Waals surface area contributed by atoms with Crippen LogP contribution in [-0.2, 0) is 14.4 Å². The normalized spacial score (nSPS) is 11.1. The van der Waals surface area contributed by atoms with Gasteiger partial charge in [0.2, 0.25) is 0 Å². The van der Waals surface area contributed by atoms with Crippen molar-refractivity contribution in [3.8, 4) is 6.07 Å². The maximum absolute atomic E-state index is 11.4. The molecule has 0 fully saturated rings. The third kappa shape index (κ3) is 3.40. The van der Waals surface area contributed by atoms with Gasteiger partial charge in [-0.05, 0) is 12.1 Å². The van der Waals surface area contributed by atoms with Crippen LogP contribution in [0.15, 0.2) is 40.4 Å². The van der Waals surface area contributed by atoms with Crippen LogP contribution >= 0.6 is 0 Å². The van der Waals surface area contributed by atoms with Crippen molar-refractivity contribution >= 4 is 16.3 Å². The number of hydrogen-bond acceptors (Lipinski definition) is 5. The largest absolute Gasteiger partial charge is 0.358 e. The minimum Gasteiger partial charge on any atom is -0.265 e. The van der Waals surface area contributed by atoms with Gasteiger partial charge in [0.15, 0.2) is 0 Å². The first-order valence-electron chi connectivity index (χ1n) is 4.04. The lowest BCUT2D eigenvalue weighted by atomic mass is 10.4. The van der Waals surface area contributed by atoms with Crippen molar-refractivity contribution in [3.05, 3.63) is 30.3 Å². The standard InChI is InChI=1S/C9H8N2O3S/c10-7-4-8-11-14-15(12,13)9-5-2-1-3-6-9/h1-3,5-6,8H,4H2. The third-order valence-corrected chi connectivity index (χ3v) is 2.56. The van der Waals surface area contributed by atoms with Crippen LogP contribution in [0, 0.1) is 11.3 Å². The Hall–Kier alpha value is -1.87. The Morgan fingerprint density at radius 3 is 2.67 bits per heavy atom. The molecule has 15 heavy (non-hydrogen) atoms. The summed E-state index contributed by atoms with van der Waals surface area (Å²) in [6.45, 7) is 0. The van der Waals surface area contributed by atoms with Gasteiger partial charge in [-0.2, -0.15) is 13.7 Å².